The molecule has 15 heteroatoms. The van der Waals surface area contributed by atoms with Crippen LogP contribution in [0.5, 0.6) is 0 Å². The molecule has 4 N–H and O–H groups in total. The molecule has 2 atom stereocenters. The SMILES string of the molecule is CC(C)c1cc(C(F)(F)F)n2nc(C3CCCN3C(C)c3ccncc3)cc2n1.O=C(O)CC(O)(CC(=O)O)C(=O)O. The summed E-state index contributed by atoms with van der Waals surface area (Å²) in [5.41, 5.74) is -1.07. The van der Waals surface area contributed by atoms with Gasteiger partial charge in [0.25, 0.3) is 0 Å². The van der Waals surface area contributed by atoms with E-state index in [2.05, 4.69) is 26.9 Å². The molecule has 2 unspecified atom stereocenters. The Hall–Kier alpha value is -4.11. The minimum Gasteiger partial charge on any atom is -0.481 e. The van der Waals surface area contributed by atoms with Crippen LogP contribution in [0.25, 0.3) is 5.65 Å². The lowest BCUT2D eigenvalue weighted by molar-refractivity contribution is -0.170. The Labute approximate surface area is 238 Å². The number of rotatable bonds is 9. The number of likely N-dealkylation sites (tertiary alicyclic amines) is 1. The van der Waals surface area contributed by atoms with Gasteiger partial charge in [-0.05, 0) is 56.0 Å². The second-order valence-corrected chi connectivity index (χ2v) is 10.4. The van der Waals surface area contributed by atoms with Crippen LogP contribution < -0.4 is 0 Å². The molecular weight excluding hydrogens is 563 g/mol. The van der Waals surface area contributed by atoms with Crippen LogP contribution in [0, 0.1) is 0 Å². The first-order valence-electron chi connectivity index (χ1n) is 13.1. The third-order valence-electron chi connectivity index (χ3n) is 6.95. The average molecular weight is 596 g/mol. The number of alkyl halides is 3. The molecule has 1 fully saturated rings. The van der Waals surface area contributed by atoms with Gasteiger partial charge in [0.1, 0.15) is 5.69 Å². The van der Waals surface area contributed by atoms with Crippen molar-refractivity contribution in [3.05, 3.63) is 59.3 Å². The maximum absolute atomic E-state index is 13.7. The molecule has 0 spiro atoms. The molecule has 1 saturated heterocycles. The molecule has 3 aromatic rings. The highest BCUT2D eigenvalue weighted by Crippen LogP contribution is 2.39. The summed E-state index contributed by atoms with van der Waals surface area (Å²) in [5, 5.41) is 38.2. The summed E-state index contributed by atoms with van der Waals surface area (Å²) >= 11 is 0. The van der Waals surface area contributed by atoms with Crippen LogP contribution in [-0.4, -0.2) is 75.0 Å². The molecule has 3 aromatic heterocycles. The Morgan fingerprint density at radius 2 is 1.62 bits per heavy atom. The molecule has 42 heavy (non-hydrogen) atoms. The van der Waals surface area contributed by atoms with Crippen molar-refractivity contribution in [2.24, 2.45) is 0 Å². The monoisotopic (exact) mass is 595 g/mol. The molecule has 4 heterocycles. The Bertz CT molecular complexity index is 1410. The van der Waals surface area contributed by atoms with E-state index in [1.807, 2.05) is 26.0 Å². The predicted octanol–water partition coefficient (Wildman–Crippen LogP) is 3.92. The van der Waals surface area contributed by atoms with E-state index in [-0.39, 0.29) is 23.6 Å². The van der Waals surface area contributed by atoms with Crippen LogP contribution in [0.1, 0.15) is 87.1 Å². The van der Waals surface area contributed by atoms with Crippen LogP contribution in [0.15, 0.2) is 36.7 Å². The van der Waals surface area contributed by atoms with Gasteiger partial charge in [0.05, 0.1) is 24.6 Å². The summed E-state index contributed by atoms with van der Waals surface area (Å²) in [4.78, 5) is 41.3. The largest absolute Gasteiger partial charge is 0.481 e. The van der Waals surface area contributed by atoms with E-state index in [1.165, 1.54) is 0 Å². The Morgan fingerprint density at radius 1 is 1.02 bits per heavy atom. The number of carboxylic acid groups (broad SMARTS) is 3. The van der Waals surface area contributed by atoms with Crippen LogP contribution in [0.3, 0.4) is 0 Å². The van der Waals surface area contributed by atoms with E-state index < -0.39 is 48.2 Å². The second-order valence-electron chi connectivity index (χ2n) is 10.4. The Morgan fingerprint density at radius 3 is 2.12 bits per heavy atom. The van der Waals surface area contributed by atoms with Crippen LogP contribution in [-0.2, 0) is 20.6 Å². The Kier molecular flexibility index (Phi) is 9.89. The maximum atomic E-state index is 13.7. The molecule has 0 amide bonds. The van der Waals surface area contributed by atoms with Crippen LogP contribution in [0.2, 0.25) is 0 Å². The summed E-state index contributed by atoms with van der Waals surface area (Å²) in [6, 6.07) is 6.85. The number of aliphatic hydroxyl groups is 1. The molecule has 1 aliphatic rings. The summed E-state index contributed by atoms with van der Waals surface area (Å²) in [6.07, 6.45) is -1.43. The normalized spacial score (nSPS) is 16.7. The number of carboxylic acids is 3. The molecule has 228 valence electrons. The number of fused-ring (bicyclic) bond motifs is 1. The maximum Gasteiger partial charge on any atom is 0.433 e. The first kappa shape index (κ1) is 32.4. The number of pyridine rings is 1. The topological polar surface area (TPSA) is 178 Å². The van der Waals surface area contributed by atoms with E-state index >= 15 is 0 Å². The number of carbonyl (C=O) groups is 3. The lowest BCUT2D eigenvalue weighted by Gasteiger charge is -2.30. The van der Waals surface area contributed by atoms with E-state index in [0.29, 0.717) is 11.4 Å². The fourth-order valence-electron chi connectivity index (χ4n) is 4.79. The minimum atomic E-state index is -4.49. The number of nitrogens with zero attached hydrogens (tertiary/aromatic N) is 5. The fraction of sp³-hybridized carbons (Fsp3) is 0.481. The van der Waals surface area contributed by atoms with Crippen molar-refractivity contribution in [2.45, 2.75) is 76.2 Å². The van der Waals surface area contributed by atoms with Crippen molar-refractivity contribution >= 4 is 23.6 Å². The van der Waals surface area contributed by atoms with Gasteiger partial charge >= 0.3 is 24.1 Å². The molecule has 0 saturated carbocycles. The minimum absolute atomic E-state index is 0.0385. The van der Waals surface area contributed by atoms with Crippen molar-refractivity contribution in [1.82, 2.24) is 24.5 Å². The molecule has 0 aromatic carbocycles. The lowest BCUT2D eigenvalue weighted by atomic mass is 9.96. The standard InChI is InChI=1S/C21H24F3N5.C6H8O7/c1-13(2)16-11-19(21(22,23)24)29-20(26-16)12-17(27-29)18-5-4-10-28(18)14(3)15-6-8-25-9-7-15;7-3(8)1-6(13,5(11)12)2-4(9)10/h6-9,11-14,18H,4-5,10H2,1-3H3;13H,1-2H2,(H,7,8)(H,9,10)(H,11,12). The fourth-order valence-corrected chi connectivity index (χ4v) is 4.79. The van der Waals surface area contributed by atoms with Gasteiger partial charge in [-0.1, -0.05) is 13.8 Å². The zero-order chi connectivity index (χ0) is 31.4. The van der Waals surface area contributed by atoms with Crippen molar-refractivity contribution in [1.29, 1.82) is 0 Å². The number of halogens is 3. The first-order valence-corrected chi connectivity index (χ1v) is 13.1. The van der Waals surface area contributed by atoms with E-state index in [1.54, 1.807) is 18.5 Å². The van der Waals surface area contributed by atoms with Gasteiger partial charge in [0.15, 0.2) is 11.2 Å². The number of hydrogen-bond donors (Lipinski definition) is 4. The zero-order valence-corrected chi connectivity index (χ0v) is 23.1. The number of hydrogen-bond acceptors (Lipinski definition) is 8. The van der Waals surface area contributed by atoms with Gasteiger partial charge in [0.2, 0.25) is 0 Å². The predicted molar refractivity (Wildman–Crippen MR) is 141 cm³/mol. The highest BCUT2D eigenvalue weighted by atomic mass is 19.4. The van der Waals surface area contributed by atoms with Gasteiger partial charge < -0.3 is 20.4 Å². The van der Waals surface area contributed by atoms with Crippen molar-refractivity contribution in [2.75, 3.05) is 6.54 Å². The quantitative estimate of drug-likeness (QED) is 0.282. The summed E-state index contributed by atoms with van der Waals surface area (Å²) in [7, 11) is 0. The van der Waals surface area contributed by atoms with Crippen LogP contribution >= 0.6 is 0 Å². The molecule has 4 rings (SSSR count). The van der Waals surface area contributed by atoms with E-state index in [4.69, 9.17) is 20.4 Å². The number of aromatic nitrogens is 4. The summed E-state index contributed by atoms with van der Waals surface area (Å²) < 4.78 is 42.0. The molecule has 0 bridgehead atoms. The van der Waals surface area contributed by atoms with Gasteiger partial charge in [0, 0.05) is 30.2 Å². The smallest absolute Gasteiger partial charge is 0.433 e. The first-order chi connectivity index (χ1) is 19.5. The van der Waals surface area contributed by atoms with Crippen molar-refractivity contribution in [3.8, 4) is 0 Å². The molecule has 0 aliphatic carbocycles. The lowest BCUT2D eigenvalue weighted by Crippen LogP contribution is -2.42. The highest BCUT2D eigenvalue weighted by molar-refractivity contribution is 5.88. The molecule has 1 aliphatic heterocycles. The summed E-state index contributed by atoms with van der Waals surface area (Å²) in [5.74, 6) is -5.12. The van der Waals surface area contributed by atoms with E-state index in [9.17, 15) is 27.6 Å². The van der Waals surface area contributed by atoms with Crippen LogP contribution in [0.4, 0.5) is 13.2 Å². The van der Waals surface area contributed by atoms with Gasteiger partial charge in [-0.2, -0.15) is 18.3 Å². The third kappa shape index (κ3) is 7.59. The second kappa shape index (κ2) is 12.8. The van der Waals surface area contributed by atoms with Crippen molar-refractivity contribution in [3.63, 3.8) is 0 Å². The molecular formula is C27H32F3N5O7. The number of aliphatic carboxylic acids is 3. The van der Waals surface area contributed by atoms with Crippen molar-refractivity contribution < 1.29 is 48.0 Å². The summed E-state index contributed by atoms with van der Waals surface area (Å²) in [6.45, 7) is 6.66. The Balaban J connectivity index is 0.000000316. The highest BCUT2D eigenvalue weighted by Gasteiger charge is 2.41. The van der Waals surface area contributed by atoms with Gasteiger partial charge in [-0.15, -0.1) is 0 Å². The van der Waals surface area contributed by atoms with E-state index in [0.717, 1.165) is 35.5 Å². The van der Waals surface area contributed by atoms with Gasteiger partial charge in [-0.25, -0.2) is 14.3 Å². The third-order valence-corrected chi connectivity index (χ3v) is 6.95. The average Bonchev–Trinajstić information content (AvgIpc) is 3.54. The zero-order valence-electron chi connectivity index (χ0n) is 23.1. The molecule has 0 radical (unpaired) electrons. The van der Waals surface area contributed by atoms with Gasteiger partial charge in [-0.3, -0.25) is 19.5 Å². The molecule has 12 nitrogen and oxygen atoms in total.